The second-order valence-corrected chi connectivity index (χ2v) is 6.45. The standard InChI is InChI=1S/C17H27NO/c1-13(2)14-8-6-10-17(18,11-14)12-15-7-4-5-9-16(15)19-3/h4-5,7,9,13-14H,6,8,10-12,18H2,1-3H3. The van der Waals surface area contributed by atoms with Crippen molar-refractivity contribution in [1.29, 1.82) is 0 Å². The molecule has 2 N–H and O–H groups in total. The largest absolute Gasteiger partial charge is 0.496 e. The summed E-state index contributed by atoms with van der Waals surface area (Å²) in [6, 6.07) is 8.27. The zero-order valence-electron chi connectivity index (χ0n) is 12.5. The summed E-state index contributed by atoms with van der Waals surface area (Å²) in [5, 5.41) is 0. The highest BCUT2D eigenvalue weighted by Gasteiger charge is 2.34. The molecule has 0 saturated heterocycles. The molecule has 0 heterocycles. The minimum absolute atomic E-state index is 0.0537. The van der Waals surface area contributed by atoms with Gasteiger partial charge in [0.1, 0.15) is 5.75 Å². The third-order valence-electron chi connectivity index (χ3n) is 4.60. The van der Waals surface area contributed by atoms with Crippen molar-refractivity contribution in [3.05, 3.63) is 29.8 Å². The van der Waals surface area contributed by atoms with Gasteiger partial charge in [0.25, 0.3) is 0 Å². The molecule has 0 aromatic heterocycles. The molecule has 2 nitrogen and oxygen atoms in total. The third kappa shape index (κ3) is 3.50. The van der Waals surface area contributed by atoms with Crippen LogP contribution in [0.1, 0.15) is 45.1 Å². The van der Waals surface area contributed by atoms with Crippen molar-refractivity contribution in [3.63, 3.8) is 0 Å². The lowest BCUT2D eigenvalue weighted by atomic mass is 9.70. The fourth-order valence-electron chi connectivity index (χ4n) is 3.40. The van der Waals surface area contributed by atoms with Crippen molar-refractivity contribution in [2.45, 2.75) is 51.5 Å². The SMILES string of the molecule is COc1ccccc1CC1(N)CCCC(C(C)C)C1. The number of methoxy groups -OCH3 is 1. The first-order valence-corrected chi connectivity index (χ1v) is 7.45. The van der Waals surface area contributed by atoms with Gasteiger partial charge in [-0.15, -0.1) is 0 Å². The number of hydrogen-bond acceptors (Lipinski definition) is 2. The average molecular weight is 261 g/mol. The van der Waals surface area contributed by atoms with Crippen molar-refractivity contribution in [2.75, 3.05) is 7.11 Å². The average Bonchev–Trinajstić information content (AvgIpc) is 2.39. The van der Waals surface area contributed by atoms with E-state index in [1.165, 1.54) is 18.4 Å². The van der Waals surface area contributed by atoms with Gasteiger partial charge in [0, 0.05) is 5.54 Å². The van der Waals surface area contributed by atoms with E-state index in [1.807, 2.05) is 12.1 Å². The molecule has 106 valence electrons. The fraction of sp³-hybridized carbons (Fsp3) is 0.647. The molecule has 1 aliphatic rings. The Bertz CT molecular complexity index is 415. The number of nitrogens with two attached hydrogens (primary N) is 1. The van der Waals surface area contributed by atoms with E-state index in [-0.39, 0.29) is 5.54 Å². The molecule has 2 unspecified atom stereocenters. The van der Waals surface area contributed by atoms with Crippen LogP contribution in [0.25, 0.3) is 0 Å². The van der Waals surface area contributed by atoms with Gasteiger partial charge >= 0.3 is 0 Å². The Labute approximate surface area is 117 Å². The Morgan fingerprint density at radius 1 is 1.37 bits per heavy atom. The second kappa shape index (κ2) is 5.96. The van der Waals surface area contributed by atoms with E-state index in [1.54, 1.807) is 7.11 Å². The number of rotatable bonds is 4. The van der Waals surface area contributed by atoms with Crippen LogP contribution in [-0.2, 0) is 6.42 Å². The van der Waals surface area contributed by atoms with Crippen molar-refractivity contribution in [2.24, 2.45) is 17.6 Å². The lowest BCUT2D eigenvalue weighted by molar-refractivity contribution is 0.181. The molecule has 2 heteroatoms. The maximum Gasteiger partial charge on any atom is 0.122 e. The minimum Gasteiger partial charge on any atom is -0.496 e. The summed E-state index contributed by atoms with van der Waals surface area (Å²) in [6.45, 7) is 4.64. The first-order valence-electron chi connectivity index (χ1n) is 7.45. The first-order chi connectivity index (χ1) is 9.04. The van der Waals surface area contributed by atoms with Gasteiger partial charge in [-0.3, -0.25) is 0 Å². The van der Waals surface area contributed by atoms with Crippen LogP contribution in [-0.4, -0.2) is 12.6 Å². The second-order valence-electron chi connectivity index (χ2n) is 6.45. The molecule has 2 atom stereocenters. The van der Waals surface area contributed by atoms with Crippen LogP contribution in [0.5, 0.6) is 5.75 Å². The van der Waals surface area contributed by atoms with Crippen LogP contribution in [0.2, 0.25) is 0 Å². The van der Waals surface area contributed by atoms with E-state index in [0.29, 0.717) is 0 Å². The molecule has 0 bridgehead atoms. The number of hydrogen-bond donors (Lipinski definition) is 1. The Hall–Kier alpha value is -1.02. The van der Waals surface area contributed by atoms with E-state index in [2.05, 4.69) is 26.0 Å². The fourth-order valence-corrected chi connectivity index (χ4v) is 3.40. The molecule has 0 aliphatic heterocycles. The summed E-state index contributed by atoms with van der Waals surface area (Å²) >= 11 is 0. The predicted octanol–water partition coefficient (Wildman–Crippen LogP) is 3.78. The van der Waals surface area contributed by atoms with E-state index in [4.69, 9.17) is 10.5 Å². The lowest BCUT2D eigenvalue weighted by Crippen LogP contribution is -2.47. The van der Waals surface area contributed by atoms with E-state index >= 15 is 0 Å². The maximum absolute atomic E-state index is 6.69. The van der Waals surface area contributed by atoms with Gasteiger partial charge in [0.05, 0.1) is 7.11 Å². The normalized spacial score (nSPS) is 27.5. The zero-order chi connectivity index (χ0) is 13.9. The van der Waals surface area contributed by atoms with Crippen LogP contribution in [0, 0.1) is 11.8 Å². The summed E-state index contributed by atoms with van der Waals surface area (Å²) in [6.07, 6.45) is 5.80. The topological polar surface area (TPSA) is 35.2 Å². The van der Waals surface area contributed by atoms with E-state index < -0.39 is 0 Å². The number of para-hydroxylation sites is 1. The summed E-state index contributed by atoms with van der Waals surface area (Å²) in [4.78, 5) is 0. The highest BCUT2D eigenvalue weighted by atomic mass is 16.5. The van der Waals surface area contributed by atoms with Crippen molar-refractivity contribution in [3.8, 4) is 5.75 Å². The van der Waals surface area contributed by atoms with Gasteiger partial charge in [-0.05, 0) is 42.7 Å². The highest BCUT2D eigenvalue weighted by molar-refractivity contribution is 5.34. The molecule has 1 saturated carbocycles. The molecule has 19 heavy (non-hydrogen) atoms. The number of ether oxygens (including phenoxy) is 1. The lowest BCUT2D eigenvalue weighted by Gasteiger charge is -2.40. The third-order valence-corrected chi connectivity index (χ3v) is 4.60. The Balaban J connectivity index is 2.12. The van der Waals surface area contributed by atoms with Gasteiger partial charge < -0.3 is 10.5 Å². The molecule has 0 amide bonds. The summed E-state index contributed by atoms with van der Waals surface area (Å²) in [5.41, 5.74) is 7.88. The van der Waals surface area contributed by atoms with Gasteiger partial charge in [0.2, 0.25) is 0 Å². The highest BCUT2D eigenvalue weighted by Crippen LogP contribution is 2.37. The molecule has 0 radical (unpaired) electrons. The van der Waals surface area contributed by atoms with Crippen LogP contribution >= 0.6 is 0 Å². The van der Waals surface area contributed by atoms with Gasteiger partial charge in [-0.2, -0.15) is 0 Å². The Morgan fingerprint density at radius 2 is 2.11 bits per heavy atom. The summed E-state index contributed by atoms with van der Waals surface area (Å²) in [5.74, 6) is 2.48. The zero-order valence-corrected chi connectivity index (χ0v) is 12.5. The number of benzene rings is 1. The molecule has 0 spiro atoms. The Morgan fingerprint density at radius 3 is 2.79 bits per heavy atom. The van der Waals surface area contributed by atoms with Crippen LogP contribution in [0.15, 0.2) is 24.3 Å². The molecule has 1 aromatic carbocycles. The van der Waals surface area contributed by atoms with Crippen molar-refractivity contribution in [1.82, 2.24) is 0 Å². The van der Waals surface area contributed by atoms with Gasteiger partial charge in [-0.25, -0.2) is 0 Å². The molecule has 2 rings (SSSR count). The Kier molecular flexibility index (Phi) is 4.51. The van der Waals surface area contributed by atoms with Crippen molar-refractivity contribution >= 4 is 0 Å². The molecule has 1 aliphatic carbocycles. The minimum atomic E-state index is -0.0537. The van der Waals surface area contributed by atoms with E-state index in [0.717, 1.165) is 36.8 Å². The summed E-state index contributed by atoms with van der Waals surface area (Å²) in [7, 11) is 1.74. The first kappa shape index (κ1) is 14.4. The smallest absolute Gasteiger partial charge is 0.122 e. The van der Waals surface area contributed by atoms with Crippen LogP contribution < -0.4 is 10.5 Å². The maximum atomic E-state index is 6.69. The van der Waals surface area contributed by atoms with Gasteiger partial charge in [0.15, 0.2) is 0 Å². The quantitative estimate of drug-likeness (QED) is 0.895. The van der Waals surface area contributed by atoms with Crippen LogP contribution in [0.4, 0.5) is 0 Å². The van der Waals surface area contributed by atoms with Crippen molar-refractivity contribution < 1.29 is 4.74 Å². The molecular formula is C17H27NO. The molecule has 1 aromatic rings. The predicted molar refractivity (Wildman–Crippen MR) is 80.4 cm³/mol. The molecular weight excluding hydrogens is 234 g/mol. The summed E-state index contributed by atoms with van der Waals surface area (Å²) < 4.78 is 5.45. The monoisotopic (exact) mass is 261 g/mol. The van der Waals surface area contributed by atoms with Gasteiger partial charge in [-0.1, -0.05) is 44.9 Å². The van der Waals surface area contributed by atoms with Crippen LogP contribution in [0.3, 0.4) is 0 Å². The van der Waals surface area contributed by atoms with E-state index in [9.17, 15) is 0 Å². The molecule has 1 fully saturated rings.